The number of nitrogens with one attached hydrogen (secondary N) is 1. The highest BCUT2D eigenvalue weighted by Crippen LogP contribution is 2.34. The highest BCUT2D eigenvalue weighted by atomic mass is 16.1. The number of rotatable bonds is 3. The number of nitrogens with zero attached hydrogens (tertiary/aromatic N) is 1. The Morgan fingerprint density at radius 2 is 1.90 bits per heavy atom. The smallest absolute Gasteiger partial charge is 0.166 e. The number of aromatic amines is 1. The first-order valence-electron chi connectivity index (χ1n) is 7.85. The van der Waals surface area contributed by atoms with Crippen LogP contribution in [0.3, 0.4) is 0 Å². The van der Waals surface area contributed by atoms with Crippen molar-refractivity contribution in [3.63, 3.8) is 0 Å². The quantitative estimate of drug-likeness (QED) is 0.848. The minimum absolute atomic E-state index is 0.285. The van der Waals surface area contributed by atoms with E-state index in [4.69, 9.17) is 4.98 Å². The second-order valence-electron chi connectivity index (χ2n) is 6.33. The third-order valence-corrected chi connectivity index (χ3v) is 4.72. The fourth-order valence-corrected chi connectivity index (χ4v) is 3.33. The molecule has 2 aliphatic carbocycles. The third kappa shape index (κ3) is 2.15. The summed E-state index contributed by atoms with van der Waals surface area (Å²) < 4.78 is 0. The van der Waals surface area contributed by atoms with Crippen molar-refractivity contribution < 1.29 is 4.79 Å². The molecule has 20 heavy (non-hydrogen) atoms. The van der Waals surface area contributed by atoms with Gasteiger partial charge >= 0.3 is 0 Å². The van der Waals surface area contributed by atoms with Crippen LogP contribution in [0.15, 0.2) is 18.2 Å². The van der Waals surface area contributed by atoms with Crippen molar-refractivity contribution in [1.29, 1.82) is 0 Å². The van der Waals surface area contributed by atoms with Gasteiger partial charge in [0.25, 0.3) is 0 Å². The molecule has 2 saturated carbocycles. The van der Waals surface area contributed by atoms with Crippen molar-refractivity contribution in [1.82, 2.24) is 9.97 Å². The van der Waals surface area contributed by atoms with Crippen LogP contribution in [0.25, 0.3) is 11.0 Å². The van der Waals surface area contributed by atoms with Gasteiger partial charge in [-0.25, -0.2) is 4.98 Å². The molecule has 2 fully saturated rings. The van der Waals surface area contributed by atoms with E-state index in [1.807, 2.05) is 18.2 Å². The minimum atomic E-state index is 0.285. The molecule has 1 heterocycles. The maximum absolute atomic E-state index is 12.1. The number of hydrogen-bond acceptors (Lipinski definition) is 2. The number of Topliss-reactive ketones (excluding diaryl/α,β-unsaturated/α-hetero) is 1. The predicted octanol–water partition coefficient (Wildman–Crippen LogP) is 4.20. The summed E-state index contributed by atoms with van der Waals surface area (Å²) in [5.74, 6) is 2.29. The Bertz CT molecular complexity index is 648. The van der Waals surface area contributed by atoms with E-state index >= 15 is 0 Å². The van der Waals surface area contributed by atoms with Gasteiger partial charge in [0.1, 0.15) is 5.82 Å². The van der Waals surface area contributed by atoms with Gasteiger partial charge in [-0.15, -0.1) is 0 Å². The van der Waals surface area contributed by atoms with Crippen molar-refractivity contribution in [3.8, 4) is 0 Å². The second kappa shape index (κ2) is 4.72. The molecule has 0 spiro atoms. The van der Waals surface area contributed by atoms with Gasteiger partial charge in [0.15, 0.2) is 5.78 Å². The summed E-state index contributed by atoms with van der Waals surface area (Å²) >= 11 is 0. The topological polar surface area (TPSA) is 45.8 Å². The lowest BCUT2D eigenvalue weighted by Gasteiger charge is -2.18. The number of hydrogen-bond donors (Lipinski definition) is 1. The molecule has 0 atom stereocenters. The van der Waals surface area contributed by atoms with E-state index in [9.17, 15) is 4.79 Å². The lowest BCUT2D eigenvalue weighted by atomic mass is 9.89. The van der Waals surface area contributed by atoms with Gasteiger partial charge in [-0.1, -0.05) is 19.3 Å². The van der Waals surface area contributed by atoms with Crippen LogP contribution in [0.5, 0.6) is 0 Å². The number of fused-ring (bicyclic) bond motifs is 1. The molecule has 1 N–H and O–H groups in total. The van der Waals surface area contributed by atoms with Gasteiger partial charge in [-0.05, 0) is 43.9 Å². The summed E-state index contributed by atoms with van der Waals surface area (Å²) in [5.41, 5.74) is 2.87. The Balaban J connectivity index is 1.66. The van der Waals surface area contributed by atoms with Crippen molar-refractivity contribution >= 4 is 16.8 Å². The van der Waals surface area contributed by atoms with Gasteiger partial charge < -0.3 is 4.98 Å². The van der Waals surface area contributed by atoms with E-state index in [0.29, 0.717) is 11.7 Å². The fraction of sp³-hybridized carbons (Fsp3) is 0.529. The SMILES string of the molecule is O=C(c1ccc2nc(C3CCCCC3)[nH]c2c1)C1CC1. The summed E-state index contributed by atoms with van der Waals surface area (Å²) in [6.07, 6.45) is 8.60. The first-order chi connectivity index (χ1) is 9.81. The Morgan fingerprint density at radius 1 is 1.10 bits per heavy atom. The summed E-state index contributed by atoms with van der Waals surface area (Å²) in [6.45, 7) is 0. The van der Waals surface area contributed by atoms with Gasteiger partial charge in [-0.2, -0.15) is 0 Å². The van der Waals surface area contributed by atoms with Crippen molar-refractivity contribution in [2.24, 2.45) is 5.92 Å². The molecule has 4 rings (SSSR count). The van der Waals surface area contributed by atoms with E-state index in [1.165, 1.54) is 32.1 Å². The Morgan fingerprint density at radius 3 is 2.65 bits per heavy atom. The summed E-state index contributed by atoms with van der Waals surface area (Å²) in [7, 11) is 0. The third-order valence-electron chi connectivity index (χ3n) is 4.72. The van der Waals surface area contributed by atoms with Crippen LogP contribution in [0.2, 0.25) is 0 Å². The summed E-state index contributed by atoms with van der Waals surface area (Å²) in [4.78, 5) is 20.3. The Labute approximate surface area is 118 Å². The molecule has 0 amide bonds. The zero-order valence-corrected chi connectivity index (χ0v) is 11.7. The van der Waals surface area contributed by atoms with Crippen LogP contribution in [0, 0.1) is 5.92 Å². The van der Waals surface area contributed by atoms with E-state index in [-0.39, 0.29) is 5.92 Å². The van der Waals surface area contributed by atoms with Crippen LogP contribution < -0.4 is 0 Å². The molecule has 1 aromatic heterocycles. The summed E-state index contributed by atoms with van der Waals surface area (Å²) in [5, 5.41) is 0. The monoisotopic (exact) mass is 268 g/mol. The molecule has 1 aromatic carbocycles. The summed E-state index contributed by atoms with van der Waals surface area (Å²) in [6, 6.07) is 5.93. The first-order valence-corrected chi connectivity index (χ1v) is 7.85. The van der Waals surface area contributed by atoms with Gasteiger partial charge in [0.2, 0.25) is 0 Å². The highest BCUT2D eigenvalue weighted by Gasteiger charge is 2.30. The highest BCUT2D eigenvalue weighted by molar-refractivity contribution is 6.01. The molecule has 0 unspecified atom stereocenters. The lowest BCUT2D eigenvalue weighted by Crippen LogP contribution is -2.05. The molecule has 3 nitrogen and oxygen atoms in total. The number of imidazole rings is 1. The number of benzene rings is 1. The number of ketones is 1. The molecular weight excluding hydrogens is 248 g/mol. The normalized spacial score (nSPS) is 20.4. The Hall–Kier alpha value is -1.64. The van der Waals surface area contributed by atoms with Crippen molar-refractivity contribution in [2.45, 2.75) is 50.9 Å². The largest absolute Gasteiger partial charge is 0.342 e. The second-order valence-corrected chi connectivity index (χ2v) is 6.33. The van der Waals surface area contributed by atoms with Gasteiger partial charge in [0, 0.05) is 17.4 Å². The Kier molecular flexibility index (Phi) is 2.86. The van der Waals surface area contributed by atoms with Crippen LogP contribution in [-0.4, -0.2) is 15.8 Å². The van der Waals surface area contributed by atoms with Crippen LogP contribution in [0.1, 0.15) is 67.0 Å². The maximum atomic E-state index is 12.1. The number of carbonyl (C=O) groups excluding carboxylic acids is 1. The lowest BCUT2D eigenvalue weighted by molar-refractivity contribution is 0.0968. The molecule has 104 valence electrons. The molecule has 0 saturated heterocycles. The van der Waals surface area contributed by atoms with Crippen LogP contribution in [-0.2, 0) is 0 Å². The first kappa shape index (κ1) is 12.1. The molecule has 2 aliphatic rings. The standard InChI is InChI=1S/C17H20N2O/c20-16(11-6-7-11)13-8-9-14-15(10-13)19-17(18-14)12-4-2-1-3-5-12/h8-12H,1-7H2,(H,18,19). The average molecular weight is 268 g/mol. The van der Waals surface area contributed by atoms with Gasteiger partial charge in [0.05, 0.1) is 11.0 Å². The van der Waals surface area contributed by atoms with E-state index in [2.05, 4.69) is 4.98 Å². The van der Waals surface area contributed by atoms with Crippen LogP contribution >= 0.6 is 0 Å². The maximum Gasteiger partial charge on any atom is 0.166 e. The molecular formula is C17H20N2O. The van der Waals surface area contributed by atoms with Crippen LogP contribution in [0.4, 0.5) is 0 Å². The minimum Gasteiger partial charge on any atom is -0.342 e. The van der Waals surface area contributed by atoms with Crippen molar-refractivity contribution in [2.75, 3.05) is 0 Å². The average Bonchev–Trinajstić information content (AvgIpc) is 3.25. The van der Waals surface area contributed by atoms with Gasteiger partial charge in [-0.3, -0.25) is 4.79 Å². The number of H-pyrrole nitrogens is 1. The predicted molar refractivity (Wildman–Crippen MR) is 79.0 cm³/mol. The number of carbonyl (C=O) groups is 1. The fourth-order valence-electron chi connectivity index (χ4n) is 3.33. The molecule has 0 radical (unpaired) electrons. The van der Waals surface area contributed by atoms with Crippen molar-refractivity contribution in [3.05, 3.63) is 29.6 Å². The molecule has 0 aliphatic heterocycles. The number of aromatic nitrogens is 2. The van der Waals surface area contributed by atoms with E-state index in [0.717, 1.165) is 35.3 Å². The molecule has 3 heteroatoms. The van der Waals surface area contributed by atoms with E-state index < -0.39 is 0 Å². The van der Waals surface area contributed by atoms with E-state index in [1.54, 1.807) is 0 Å². The zero-order valence-electron chi connectivity index (χ0n) is 11.7. The molecule has 2 aromatic rings. The molecule has 0 bridgehead atoms. The zero-order chi connectivity index (χ0) is 13.5.